The predicted molar refractivity (Wildman–Crippen MR) is 92.8 cm³/mol. The maximum Gasteiger partial charge on any atom is 0.272 e. The van der Waals surface area contributed by atoms with Gasteiger partial charge in [-0.3, -0.25) is 4.79 Å². The van der Waals surface area contributed by atoms with E-state index in [2.05, 4.69) is 22.7 Å². The van der Waals surface area contributed by atoms with Gasteiger partial charge in [0.2, 0.25) is 0 Å². The minimum atomic E-state index is -0.138. The van der Waals surface area contributed by atoms with Crippen molar-refractivity contribution < 1.29 is 9.53 Å². The van der Waals surface area contributed by atoms with Crippen LogP contribution in [-0.4, -0.2) is 41.4 Å². The zero-order chi connectivity index (χ0) is 17.1. The van der Waals surface area contributed by atoms with Crippen molar-refractivity contribution in [1.82, 2.24) is 20.4 Å². The van der Waals surface area contributed by atoms with Crippen molar-refractivity contribution in [2.24, 2.45) is 0 Å². The van der Waals surface area contributed by atoms with Crippen LogP contribution in [0.4, 0.5) is 0 Å². The van der Waals surface area contributed by atoms with Gasteiger partial charge in [-0.1, -0.05) is 6.07 Å². The van der Waals surface area contributed by atoms with Crippen LogP contribution in [0.1, 0.15) is 35.8 Å². The highest BCUT2D eigenvalue weighted by Gasteiger charge is 2.23. The zero-order valence-electron chi connectivity index (χ0n) is 14.4. The van der Waals surface area contributed by atoms with Gasteiger partial charge in [-0.15, -0.1) is 0 Å². The lowest BCUT2D eigenvalue weighted by molar-refractivity contribution is 0.0914. The number of ether oxygens (including phenoxy) is 1. The summed E-state index contributed by atoms with van der Waals surface area (Å²) in [6.07, 6.45) is 3.85. The van der Waals surface area contributed by atoms with Gasteiger partial charge in [-0.2, -0.15) is 5.10 Å². The summed E-state index contributed by atoms with van der Waals surface area (Å²) >= 11 is 0. The maximum absolute atomic E-state index is 12.5. The molecule has 2 atom stereocenters. The Morgan fingerprint density at radius 1 is 1.42 bits per heavy atom. The number of nitrogens with one attached hydrogen (secondary N) is 2. The van der Waals surface area contributed by atoms with Crippen molar-refractivity contribution in [1.29, 1.82) is 0 Å². The lowest BCUT2D eigenvalue weighted by Gasteiger charge is -2.30. The molecule has 6 heteroatoms. The van der Waals surface area contributed by atoms with Gasteiger partial charge in [0.25, 0.3) is 5.91 Å². The number of hydrogen-bond acceptors (Lipinski definition) is 4. The molecule has 24 heavy (non-hydrogen) atoms. The van der Waals surface area contributed by atoms with E-state index in [0.29, 0.717) is 5.69 Å². The lowest BCUT2D eigenvalue weighted by atomic mass is 10.00. The summed E-state index contributed by atoms with van der Waals surface area (Å²) in [7, 11) is 1.63. The van der Waals surface area contributed by atoms with Crippen molar-refractivity contribution >= 4 is 5.91 Å². The molecule has 2 heterocycles. The van der Waals surface area contributed by atoms with E-state index < -0.39 is 0 Å². The van der Waals surface area contributed by atoms with Crippen LogP contribution in [0.3, 0.4) is 0 Å². The molecule has 1 aliphatic heterocycles. The Balaban J connectivity index is 1.78. The summed E-state index contributed by atoms with van der Waals surface area (Å²) in [6, 6.07) is 8.03. The Kier molecular flexibility index (Phi) is 4.85. The molecule has 128 valence electrons. The van der Waals surface area contributed by atoms with E-state index in [-0.39, 0.29) is 18.0 Å². The van der Waals surface area contributed by atoms with E-state index in [4.69, 9.17) is 4.74 Å². The third kappa shape index (κ3) is 3.43. The third-order valence-corrected chi connectivity index (χ3v) is 4.48. The van der Waals surface area contributed by atoms with Gasteiger partial charge in [0.15, 0.2) is 5.69 Å². The second-order valence-corrected chi connectivity index (χ2v) is 6.29. The van der Waals surface area contributed by atoms with Crippen LogP contribution in [0.25, 0.3) is 5.69 Å². The second-order valence-electron chi connectivity index (χ2n) is 6.29. The van der Waals surface area contributed by atoms with Gasteiger partial charge >= 0.3 is 0 Å². The number of aryl methyl sites for hydroxylation is 1. The molecule has 1 amide bonds. The second kappa shape index (κ2) is 7.05. The molecule has 2 unspecified atom stereocenters. The number of carbonyl (C=O) groups is 1. The molecular weight excluding hydrogens is 304 g/mol. The quantitative estimate of drug-likeness (QED) is 0.901. The van der Waals surface area contributed by atoms with Crippen LogP contribution >= 0.6 is 0 Å². The molecule has 6 nitrogen and oxygen atoms in total. The van der Waals surface area contributed by atoms with Gasteiger partial charge in [0.1, 0.15) is 11.4 Å². The van der Waals surface area contributed by atoms with Gasteiger partial charge in [0, 0.05) is 18.3 Å². The van der Waals surface area contributed by atoms with E-state index in [1.807, 2.05) is 25.1 Å². The van der Waals surface area contributed by atoms with Gasteiger partial charge in [-0.25, -0.2) is 4.68 Å². The number of piperidine rings is 1. The molecule has 2 aromatic rings. The van der Waals surface area contributed by atoms with E-state index in [9.17, 15) is 4.79 Å². The van der Waals surface area contributed by atoms with Crippen LogP contribution in [0, 0.1) is 6.92 Å². The highest BCUT2D eigenvalue weighted by atomic mass is 16.5. The lowest BCUT2D eigenvalue weighted by Crippen LogP contribution is -2.52. The summed E-state index contributed by atoms with van der Waals surface area (Å²) in [5.74, 6) is 0.585. The number of rotatable bonds is 4. The summed E-state index contributed by atoms with van der Waals surface area (Å²) < 4.78 is 7.07. The topological polar surface area (TPSA) is 68.2 Å². The first-order chi connectivity index (χ1) is 11.6. The smallest absolute Gasteiger partial charge is 0.272 e. The van der Waals surface area contributed by atoms with Crippen molar-refractivity contribution in [2.45, 2.75) is 38.8 Å². The van der Waals surface area contributed by atoms with Crippen LogP contribution in [0.15, 0.2) is 30.5 Å². The molecule has 0 saturated carbocycles. The Labute approximate surface area is 142 Å². The number of carbonyl (C=O) groups excluding carboxylic acids is 1. The van der Waals surface area contributed by atoms with E-state index >= 15 is 0 Å². The van der Waals surface area contributed by atoms with Crippen LogP contribution in [-0.2, 0) is 0 Å². The first-order valence-electron chi connectivity index (χ1n) is 8.33. The number of nitrogens with zero attached hydrogens (tertiary/aromatic N) is 2. The van der Waals surface area contributed by atoms with Crippen LogP contribution in [0.5, 0.6) is 5.75 Å². The Morgan fingerprint density at radius 3 is 3.00 bits per heavy atom. The summed E-state index contributed by atoms with van der Waals surface area (Å²) in [4.78, 5) is 12.5. The largest absolute Gasteiger partial charge is 0.494 e. The monoisotopic (exact) mass is 328 g/mol. The van der Waals surface area contributed by atoms with Gasteiger partial charge in [0.05, 0.1) is 7.11 Å². The van der Waals surface area contributed by atoms with Crippen molar-refractivity contribution in [3.63, 3.8) is 0 Å². The normalized spacial score (nSPS) is 20.6. The zero-order valence-corrected chi connectivity index (χ0v) is 14.4. The molecule has 0 radical (unpaired) electrons. The molecule has 0 bridgehead atoms. The maximum atomic E-state index is 12.5. The molecule has 2 N–H and O–H groups in total. The standard InChI is InChI=1S/C18H24N4O2/c1-12-6-7-17(24-3)16(11-12)22-10-8-15(21-22)18(23)20-14-5-4-9-19-13(14)2/h6-8,10-11,13-14,19H,4-5,9H2,1-3H3,(H,20,23). The highest BCUT2D eigenvalue weighted by Crippen LogP contribution is 2.23. The molecule has 1 fully saturated rings. The van der Waals surface area contributed by atoms with Crippen molar-refractivity contribution in [3.05, 3.63) is 41.7 Å². The number of benzene rings is 1. The molecule has 3 rings (SSSR count). The van der Waals surface area contributed by atoms with Crippen molar-refractivity contribution in [2.75, 3.05) is 13.7 Å². The molecule has 1 saturated heterocycles. The summed E-state index contributed by atoms with van der Waals surface area (Å²) in [5, 5.41) is 10.9. The number of hydrogen-bond donors (Lipinski definition) is 2. The molecule has 1 aromatic carbocycles. The average molecular weight is 328 g/mol. The fourth-order valence-corrected chi connectivity index (χ4v) is 3.04. The molecule has 1 aliphatic rings. The first kappa shape index (κ1) is 16.5. The van der Waals surface area contributed by atoms with Gasteiger partial charge < -0.3 is 15.4 Å². The third-order valence-electron chi connectivity index (χ3n) is 4.48. The SMILES string of the molecule is COc1ccc(C)cc1-n1ccc(C(=O)NC2CCCNC2C)n1. The van der Waals surface area contributed by atoms with Crippen LogP contribution < -0.4 is 15.4 Å². The summed E-state index contributed by atoms with van der Waals surface area (Å²) in [6.45, 7) is 5.12. The molecule has 1 aromatic heterocycles. The summed E-state index contributed by atoms with van der Waals surface area (Å²) in [5.41, 5.74) is 2.34. The van der Waals surface area contributed by atoms with E-state index in [0.717, 1.165) is 36.4 Å². The minimum Gasteiger partial charge on any atom is -0.494 e. The van der Waals surface area contributed by atoms with Crippen LogP contribution in [0.2, 0.25) is 0 Å². The molecule has 0 aliphatic carbocycles. The number of methoxy groups -OCH3 is 1. The number of aromatic nitrogens is 2. The molecule has 0 spiro atoms. The average Bonchev–Trinajstić information content (AvgIpc) is 3.07. The van der Waals surface area contributed by atoms with Crippen molar-refractivity contribution in [3.8, 4) is 11.4 Å². The predicted octanol–water partition coefficient (Wildman–Crippen LogP) is 2.06. The van der Waals surface area contributed by atoms with E-state index in [1.54, 1.807) is 24.1 Å². The van der Waals surface area contributed by atoms with Gasteiger partial charge in [-0.05, 0) is 57.0 Å². The molecular formula is C18H24N4O2. The Bertz CT molecular complexity index is 726. The fraction of sp³-hybridized carbons (Fsp3) is 0.444. The number of amides is 1. The Morgan fingerprint density at radius 2 is 2.25 bits per heavy atom. The fourth-order valence-electron chi connectivity index (χ4n) is 3.04. The Hall–Kier alpha value is -2.34. The van der Waals surface area contributed by atoms with E-state index in [1.165, 1.54) is 0 Å². The highest BCUT2D eigenvalue weighted by molar-refractivity contribution is 5.92. The minimum absolute atomic E-state index is 0.138. The first-order valence-corrected chi connectivity index (χ1v) is 8.33.